The molecule has 3 aromatic rings. The van der Waals surface area contributed by atoms with Crippen LogP contribution in [0.25, 0.3) is 5.69 Å². The van der Waals surface area contributed by atoms with Crippen molar-refractivity contribution >= 4 is 17.4 Å². The number of tetrazole rings is 1. The Bertz CT molecular complexity index is 883. The second-order valence-corrected chi connectivity index (χ2v) is 5.64. The molecule has 2 aromatic carbocycles. The van der Waals surface area contributed by atoms with Gasteiger partial charge in [0, 0.05) is 0 Å². The molecule has 1 heterocycles. The lowest BCUT2D eigenvalue weighted by molar-refractivity contribution is -0.387. The van der Waals surface area contributed by atoms with Crippen LogP contribution < -0.4 is 0 Å². The normalized spacial score (nSPS) is 10.7. The second-order valence-electron chi connectivity index (χ2n) is 4.63. The van der Waals surface area contributed by atoms with E-state index >= 15 is 0 Å². The third kappa shape index (κ3) is 3.04. The molecule has 0 atom stereocenters. The van der Waals surface area contributed by atoms with E-state index < -0.39 is 10.7 Å². The van der Waals surface area contributed by atoms with Gasteiger partial charge in [-0.25, -0.2) is 4.39 Å². The highest BCUT2D eigenvalue weighted by atomic mass is 32.2. The summed E-state index contributed by atoms with van der Waals surface area (Å²) in [6, 6.07) is 10.9. The van der Waals surface area contributed by atoms with E-state index in [4.69, 9.17) is 0 Å². The number of benzene rings is 2. The largest absolute Gasteiger partial charge is 0.286 e. The van der Waals surface area contributed by atoms with E-state index in [1.54, 1.807) is 0 Å². The van der Waals surface area contributed by atoms with Crippen LogP contribution in [0, 0.1) is 22.9 Å². The lowest BCUT2D eigenvalue weighted by Crippen LogP contribution is -2.01. The van der Waals surface area contributed by atoms with Gasteiger partial charge in [0.15, 0.2) is 0 Å². The maximum Gasteiger partial charge on any atom is 0.286 e. The fraction of sp³-hybridized carbons (Fsp3) is 0.0714. The van der Waals surface area contributed by atoms with Crippen molar-refractivity contribution in [3.8, 4) is 5.69 Å². The molecule has 0 N–H and O–H groups in total. The number of aromatic nitrogens is 4. The van der Waals surface area contributed by atoms with E-state index in [1.165, 1.54) is 10.7 Å². The molecule has 1 aromatic heterocycles. The fourth-order valence-corrected chi connectivity index (χ4v) is 2.88. The molecule has 0 amide bonds. The van der Waals surface area contributed by atoms with Gasteiger partial charge in [0.25, 0.3) is 5.69 Å². The van der Waals surface area contributed by atoms with E-state index in [0.29, 0.717) is 5.16 Å². The van der Waals surface area contributed by atoms with E-state index in [0.717, 1.165) is 35.1 Å². The summed E-state index contributed by atoms with van der Waals surface area (Å²) >= 11 is 1.01. The maximum atomic E-state index is 13.2. The Balaban J connectivity index is 2.02. The third-order valence-corrected chi connectivity index (χ3v) is 4.11. The SMILES string of the molecule is Cc1ccccc1-n1nnnc1Sc1ccc(F)cc1[N+](=O)[O-]. The van der Waals surface area contributed by atoms with Crippen molar-refractivity contribution in [2.75, 3.05) is 0 Å². The molecule has 7 nitrogen and oxygen atoms in total. The minimum Gasteiger partial charge on any atom is -0.258 e. The van der Waals surface area contributed by atoms with Gasteiger partial charge in [-0.3, -0.25) is 10.1 Å². The van der Waals surface area contributed by atoms with Crippen molar-refractivity contribution in [3.63, 3.8) is 0 Å². The molecule has 3 rings (SSSR count). The predicted molar refractivity (Wildman–Crippen MR) is 81.1 cm³/mol. The molecule has 9 heteroatoms. The number of para-hydroxylation sites is 1. The van der Waals surface area contributed by atoms with Crippen LogP contribution in [0.2, 0.25) is 0 Å². The highest BCUT2D eigenvalue weighted by Crippen LogP contribution is 2.34. The first kappa shape index (κ1) is 15.1. The third-order valence-electron chi connectivity index (χ3n) is 3.10. The standard InChI is InChI=1S/C14H10FN5O2S/c1-9-4-2-3-5-11(9)19-14(16-17-18-19)23-13-7-6-10(15)8-12(13)20(21)22/h2-8H,1H3. The van der Waals surface area contributed by atoms with Crippen molar-refractivity contribution in [3.05, 3.63) is 64.0 Å². The monoisotopic (exact) mass is 331 g/mol. The molecule has 0 unspecified atom stereocenters. The first-order chi connectivity index (χ1) is 11.1. The van der Waals surface area contributed by atoms with Crippen LogP contribution in [0.4, 0.5) is 10.1 Å². The fourth-order valence-electron chi connectivity index (χ4n) is 2.01. The van der Waals surface area contributed by atoms with Crippen LogP contribution in [0.3, 0.4) is 0 Å². The van der Waals surface area contributed by atoms with Crippen LogP contribution in [0.1, 0.15) is 5.56 Å². The van der Waals surface area contributed by atoms with E-state index in [9.17, 15) is 14.5 Å². The molecule has 116 valence electrons. The molecule has 0 aliphatic rings. The summed E-state index contributed by atoms with van der Waals surface area (Å²) in [5, 5.41) is 22.9. The number of hydrogen-bond acceptors (Lipinski definition) is 6. The average Bonchev–Trinajstić information content (AvgIpc) is 2.97. The number of rotatable bonds is 4. The minimum atomic E-state index is -0.667. The summed E-state index contributed by atoms with van der Waals surface area (Å²) < 4.78 is 14.7. The number of nitro groups is 1. The first-order valence-corrected chi connectivity index (χ1v) is 7.34. The van der Waals surface area contributed by atoms with Crippen LogP contribution in [0.15, 0.2) is 52.5 Å². The lowest BCUT2D eigenvalue weighted by atomic mass is 10.2. The van der Waals surface area contributed by atoms with Gasteiger partial charge >= 0.3 is 0 Å². The molecule has 0 spiro atoms. The van der Waals surface area contributed by atoms with Gasteiger partial charge in [-0.05, 0) is 52.9 Å². The van der Waals surface area contributed by atoms with Crippen molar-refractivity contribution in [2.24, 2.45) is 0 Å². The highest BCUT2D eigenvalue weighted by Gasteiger charge is 2.20. The first-order valence-electron chi connectivity index (χ1n) is 6.52. The Morgan fingerprint density at radius 2 is 2.04 bits per heavy atom. The lowest BCUT2D eigenvalue weighted by Gasteiger charge is -2.07. The molecule has 0 aliphatic heterocycles. The number of halogens is 1. The van der Waals surface area contributed by atoms with Gasteiger partial charge in [0.05, 0.1) is 21.6 Å². The zero-order valence-electron chi connectivity index (χ0n) is 11.9. The van der Waals surface area contributed by atoms with E-state index in [-0.39, 0.29) is 10.6 Å². The maximum absolute atomic E-state index is 13.2. The van der Waals surface area contributed by atoms with Gasteiger partial charge in [0.1, 0.15) is 5.82 Å². The Morgan fingerprint density at radius 1 is 1.26 bits per heavy atom. The quantitative estimate of drug-likeness (QED) is 0.539. The minimum absolute atomic E-state index is 0.265. The van der Waals surface area contributed by atoms with Crippen LogP contribution in [-0.2, 0) is 0 Å². The molecule has 0 bridgehead atoms. The van der Waals surface area contributed by atoms with Crippen LogP contribution in [-0.4, -0.2) is 25.1 Å². The number of nitrogens with zero attached hydrogens (tertiary/aromatic N) is 5. The summed E-state index contributed by atoms with van der Waals surface area (Å²) in [4.78, 5) is 10.7. The van der Waals surface area contributed by atoms with Gasteiger partial charge in [0.2, 0.25) is 5.16 Å². The Labute approximate surface area is 134 Å². The summed E-state index contributed by atoms with van der Waals surface area (Å²) in [5.41, 5.74) is 1.40. The van der Waals surface area contributed by atoms with Crippen molar-refractivity contribution in [2.45, 2.75) is 17.0 Å². The van der Waals surface area contributed by atoms with Gasteiger partial charge in [-0.15, -0.1) is 5.10 Å². The van der Waals surface area contributed by atoms with Crippen LogP contribution >= 0.6 is 11.8 Å². The molecule has 0 saturated carbocycles. The zero-order valence-corrected chi connectivity index (χ0v) is 12.7. The van der Waals surface area contributed by atoms with Crippen molar-refractivity contribution < 1.29 is 9.31 Å². The Kier molecular flexibility index (Phi) is 4.02. The zero-order chi connectivity index (χ0) is 16.4. The molecule has 0 saturated heterocycles. The average molecular weight is 331 g/mol. The van der Waals surface area contributed by atoms with Gasteiger partial charge in [-0.1, -0.05) is 18.2 Å². The topological polar surface area (TPSA) is 86.7 Å². The summed E-state index contributed by atoms with van der Waals surface area (Å²) in [6.45, 7) is 1.91. The Morgan fingerprint density at radius 3 is 2.78 bits per heavy atom. The van der Waals surface area contributed by atoms with Gasteiger partial charge < -0.3 is 0 Å². The van der Waals surface area contributed by atoms with Crippen molar-refractivity contribution in [1.82, 2.24) is 20.2 Å². The van der Waals surface area contributed by atoms with Gasteiger partial charge in [-0.2, -0.15) is 4.68 Å². The summed E-state index contributed by atoms with van der Waals surface area (Å²) in [5.74, 6) is -0.667. The van der Waals surface area contributed by atoms with E-state index in [2.05, 4.69) is 15.5 Å². The Hall–Kier alpha value is -2.81. The van der Waals surface area contributed by atoms with Crippen LogP contribution in [0.5, 0.6) is 0 Å². The molecule has 0 fully saturated rings. The smallest absolute Gasteiger partial charge is 0.258 e. The highest BCUT2D eigenvalue weighted by molar-refractivity contribution is 7.99. The predicted octanol–water partition coefficient (Wildman–Crippen LogP) is 3.17. The molecule has 23 heavy (non-hydrogen) atoms. The van der Waals surface area contributed by atoms with E-state index in [1.807, 2.05) is 31.2 Å². The second kappa shape index (κ2) is 6.13. The number of nitro benzene ring substituents is 1. The number of hydrogen-bond donors (Lipinski definition) is 0. The molecular weight excluding hydrogens is 321 g/mol. The van der Waals surface area contributed by atoms with Crippen molar-refractivity contribution in [1.29, 1.82) is 0 Å². The molecule has 0 radical (unpaired) electrons. The molecular formula is C14H10FN5O2S. The number of aryl methyl sites for hydroxylation is 1. The molecule has 0 aliphatic carbocycles. The summed E-state index contributed by atoms with van der Waals surface area (Å²) in [6.07, 6.45) is 0. The summed E-state index contributed by atoms with van der Waals surface area (Å²) in [7, 11) is 0.